The molecule has 1 heterocycles. The largest absolute Gasteiger partial charge is 0.494 e. The lowest BCUT2D eigenvalue weighted by molar-refractivity contribution is -0.123. The van der Waals surface area contributed by atoms with E-state index >= 15 is 0 Å². The number of benzene rings is 1. The Labute approximate surface area is 243 Å². The second kappa shape index (κ2) is 21.7. The topological polar surface area (TPSA) is 50.8 Å². The lowest BCUT2D eigenvalue weighted by Crippen LogP contribution is -2.32. The number of unbranched alkanes of at least 4 members (excludes halogenated alkanes) is 13. The summed E-state index contributed by atoms with van der Waals surface area (Å²) in [6, 6.07) is 5.39. The smallest absolute Gasteiger partial charge is 0.257 e. The Kier molecular flexibility index (Phi) is 18.4. The molecule has 0 radical (unpaired) electrons. The van der Waals surface area contributed by atoms with E-state index in [1.165, 1.54) is 89.2 Å². The number of hydrogen-bond acceptors (Lipinski definition) is 4. The average Bonchev–Trinajstić information content (AvgIpc) is 2.95. The summed E-state index contributed by atoms with van der Waals surface area (Å²) in [4.78, 5) is 14.5. The third-order valence-corrected chi connectivity index (χ3v) is 7.57. The van der Waals surface area contributed by atoms with Crippen LogP contribution in [-0.2, 0) is 4.79 Å². The molecule has 0 fully saturated rings. The van der Waals surface area contributed by atoms with Crippen molar-refractivity contribution in [1.82, 2.24) is 10.2 Å². The standard InChI is InChI=1S/C33H53ClN2O3/c1-3-5-6-7-8-9-10-11-12-13-14-15-16-19-26-38-30-21-22-32(31(34)27-30)39-28-33(37)35-24-23-29-20-17-18-25-36(29)4-2/h17-18,20-22,27H,3-16,19,23-26,28H2,1-2H3,(H,35,37). The summed E-state index contributed by atoms with van der Waals surface area (Å²) >= 11 is 6.37. The SMILES string of the molecule is CCCCCCCCCCCCCCCCOc1ccc(OCC(=O)NCCC2=CC=CCN2CC)c(Cl)c1. The number of likely N-dealkylation sites (N-methyl/N-ethyl adjacent to an activating group) is 1. The maximum Gasteiger partial charge on any atom is 0.257 e. The van der Waals surface area contributed by atoms with Gasteiger partial charge in [-0.05, 0) is 31.6 Å². The Morgan fingerprint density at radius 3 is 2.15 bits per heavy atom. The van der Waals surface area contributed by atoms with Gasteiger partial charge in [-0.1, -0.05) is 114 Å². The van der Waals surface area contributed by atoms with Gasteiger partial charge >= 0.3 is 0 Å². The zero-order valence-corrected chi connectivity index (χ0v) is 25.4. The molecule has 0 atom stereocenters. The first-order valence-corrected chi connectivity index (χ1v) is 15.9. The molecule has 0 unspecified atom stereocenters. The highest BCUT2D eigenvalue weighted by Gasteiger charge is 2.11. The summed E-state index contributed by atoms with van der Waals surface area (Å²) in [6.07, 6.45) is 26.0. The van der Waals surface area contributed by atoms with E-state index in [1.54, 1.807) is 12.1 Å². The van der Waals surface area contributed by atoms with Crippen LogP contribution in [-0.4, -0.2) is 43.7 Å². The summed E-state index contributed by atoms with van der Waals surface area (Å²) < 4.78 is 11.5. The molecule has 0 aliphatic carbocycles. The average molecular weight is 561 g/mol. The van der Waals surface area contributed by atoms with Gasteiger partial charge < -0.3 is 19.7 Å². The van der Waals surface area contributed by atoms with Gasteiger partial charge in [0.15, 0.2) is 6.61 Å². The third kappa shape index (κ3) is 15.3. The fourth-order valence-corrected chi connectivity index (χ4v) is 5.09. The first-order chi connectivity index (χ1) is 19.1. The Morgan fingerprint density at radius 1 is 0.897 bits per heavy atom. The van der Waals surface area contributed by atoms with Crippen molar-refractivity contribution in [3.05, 3.63) is 47.1 Å². The van der Waals surface area contributed by atoms with E-state index in [0.717, 1.165) is 31.7 Å². The van der Waals surface area contributed by atoms with Crippen LogP contribution in [0, 0.1) is 0 Å². The van der Waals surface area contributed by atoms with E-state index in [2.05, 4.69) is 42.3 Å². The van der Waals surface area contributed by atoms with Gasteiger partial charge in [0, 0.05) is 37.8 Å². The maximum absolute atomic E-state index is 12.2. The summed E-state index contributed by atoms with van der Waals surface area (Å²) in [5.74, 6) is 1.08. The second-order valence-electron chi connectivity index (χ2n) is 10.6. The molecule has 1 N–H and O–H groups in total. The number of hydrogen-bond donors (Lipinski definition) is 1. The number of carbonyl (C=O) groups excluding carboxylic acids is 1. The highest BCUT2D eigenvalue weighted by Crippen LogP contribution is 2.29. The van der Waals surface area contributed by atoms with Crippen molar-refractivity contribution in [3.8, 4) is 11.5 Å². The maximum atomic E-state index is 12.2. The zero-order valence-electron chi connectivity index (χ0n) is 24.7. The Hall–Kier alpha value is -2.14. The van der Waals surface area contributed by atoms with Gasteiger partial charge in [-0.15, -0.1) is 0 Å². The normalized spacial score (nSPS) is 12.9. The summed E-state index contributed by atoms with van der Waals surface area (Å²) in [5, 5.41) is 3.38. The molecule has 5 nitrogen and oxygen atoms in total. The number of nitrogens with zero attached hydrogens (tertiary/aromatic N) is 1. The number of halogens is 1. The van der Waals surface area contributed by atoms with Crippen molar-refractivity contribution >= 4 is 17.5 Å². The van der Waals surface area contributed by atoms with Gasteiger partial charge in [-0.3, -0.25) is 4.79 Å². The number of allylic oxidation sites excluding steroid dienone is 2. The quantitative estimate of drug-likeness (QED) is 0.136. The molecule has 0 spiro atoms. The van der Waals surface area contributed by atoms with E-state index < -0.39 is 0 Å². The minimum atomic E-state index is -0.154. The summed E-state index contributed by atoms with van der Waals surface area (Å²) in [5.41, 5.74) is 1.24. The molecule has 0 bridgehead atoms. The number of nitrogens with one attached hydrogen (secondary N) is 1. The van der Waals surface area contributed by atoms with Gasteiger partial charge in [0.2, 0.25) is 0 Å². The number of carbonyl (C=O) groups is 1. The van der Waals surface area contributed by atoms with E-state index in [4.69, 9.17) is 21.1 Å². The predicted octanol–water partition coefficient (Wildman–Crippen LogP) is 8.86. The van der Waals surface area contributed by atoms with Crippen molar-refractivity contribution in [2.75, 3.05) is 32.8 Å². The first-order valence-electron chi connectivity index (χ1n) is 15.6. The molecule has 220 valence electrons. The van der Waals surface area contributed by atoms with Crippen molar-refractivity contribution in [1.29, 1.82) is 0 Å². The highest BCUT2D eigenvalue weighted by molar-refractivity contribution is 6.32. The molecule has 2 rings (SSSR count). The van der Waals surface area contributed by atoms with E-state index in [-0.39, 0.29) is 12.5 Å². The molecule has 0 saturated carbocycles. The van der Waals surface area contributed by atoms with Crippen molar-refractivity contribution in [2.24, 2.45) is 0 Å². The molecule has 0 saturated heterocycles. The third-order valence-electron chi connectivity index (χ3n) is 7.27. The van der Waals surface area contributed by atoms with Gasteiger partial charge in [0.05, 0.1) is 11.6 Å². The number of rotatable bonds is 23. The molecule has 1 amide bonds. The van der Waals surface area contributed by atoms with Crippen LogP contribution < -0.4 is 14.8 Å². The fraction of sp³-hybridized carbons (Fsp3) is 0.667. The van der Waals surface area contributed by atoms with Crippen LogP contribution in [0.2, 0.25) is 5.02 Å². The van der Waals surface area contributed by atoms with Gasteiger partial charge in [0.1, 0.15) is 11.5 Å². The first kappa shape index (κ1) is 33.1. The summed E-state index contributed by atoms with van der Waals surface area (Å²) in [7, 11) is 0. The molecule has 0 aromatic heterocycles. The number of ether oxygens (including phenoxy) is 2. The minimum Gasteiger partial charge on any atom is -0.494 e. The summed E-state index contributed by atoms with van der Waals surface area (Å²) in [6.45, 7) is 7.52. The van der Waals surface area contributed by atoms with Crippen molar-refractivity contribution in [2.45, 2.75) is 110 Å². The van der Waals surface area contributed by atoms with E-state index in [0.29, 0.717) is 23.9 Å². The van der Waals surface area contributed by atoms with Crippen molar-refractivity contribution in [3.63, 3.8) is 0 Å². The Bertz CT molecular complexity index is 855. The molecule has 6 heteroatoms. The zero-order chi connectivity index (χ0) is 28.0. The van der Waals surface area contributed by atoms with Gasteiger partial charge in [-0.2, -0.15) is 0 Å². The molecule has 1 aliphatic heterocycles. The minimum absolute atomic E-state index is 0.0601. The lowest BCUT2D eigenvalue weighted by atomic mass is 10.0. The van der Waals surface area contributed by atoms with Crippen LogP contribution in [0.3, 0.4) is 0 Å². The second-order valence-corrected chi connectivity index (χ2v) is 11.0. The van der Waals surface area contributed by atoms with Crippen molar-refractivity contribution < 1.29 is 14.3 Å². The highest BCUT2D eigenvalue weighted by atomic mass is 35.5. The Balaban J connectivity index is 1.47. The predicted molar refractivity (Wildman–Crippen MR) is 165 cm³/mol. The van der Waals surface area contributed by atoms with Crippen LogP contribution in [0.4, 0.5) is 0 Å². The molecular formula is C33H53ClN2O3. The van der Waals surface area contributed by atoms with E-state index in [9.17, 15) is 4.79 Å². The molecule has 1 aromatic rings. The molecule has 39 heavy (non-hydrogen) atoms. The number of amides is 1. The van der Waals surface area contributed by atoms with Gasteiger partial charge in [0.25, 0.3) is 5.91 Å². The Morgan fingerprint density at radius 2 is 1.54 bits per heavy atom. The van der Waals surface area contributed by atoms with Crippen LogP contribution in [0.5, 0.6) is 11.5 Å². The monoisotopic (exact) mass is 560 g/mol. The van der Waals surface area contributed by atoms with Gasteiger partial charge in [-0.25, -0.2) is 0 Å². The molecule has 1 aliphatic rings. The molecular weight excluding hydrogens is 508 g/mol. The fourth-order valence-electron chi connectivity index (χ4n) is 4.86. The van der Waals surface area contributed by atoms with Crippen LogP contribution >= 0.6 is 11.6 Å². The lowest BCUT2D eigenvalue weighted by Gasteiger charge is -2.27. The van der Waals surface area contributed by atoms with Crippen LogP contribution in [0.25, 0.3) is 0 Å². The van der Waals surface area contributed by atoms with E-state index in [1.807, 2.05) is 6.07 Å². The molecule has 1 aromatic carbocycles. The van der Waals surface area contributed by atoms with Crippen LogP contribution in [0.1, 0.15) is 110 Å². The van der Waals surface area contributed by atoms with Crippen LogP contribution in [0.15, 0.2) is 42.1 Å².